The molecule has 2 aromatic rings. The third-order valence-corrected chi connectivity index (χ3v) is 5.55. The van der Waals surface area contributed by atoms with Gasteiger partial charge in [-0.05, 0) is 48.7 Å². The van der Waals surface area contributed by atoms with Crippen LogP contribution in [0.3, 0.4) is 0 Å². The highest BCUT2D eigenvalue weighted by Crippen LogP contribution is 2.20. The van der Waals surface area contributed by atoms with E-state index in [4.69, 9.17) is 4.74 Å². The van der Waals surface area contributed by atoms with E-state index < -0.39 is 10.0 Å². The number of carbonyl (C=O) groups is 1. The van der Waals surface area contributed by atoms with Crippen molar-refractivity contribution in [2.75, 3.05) is 31.8 Å². The first-order valence-corrected chi connectivity index (χ1v) is 10.2. The van der Waals surface area contributed by atoms with Gasteiger partial charge in [-0.2, -0.15) is 0 Å². The number of hydrogen-bond donors (Lipinski definition) is 2. The Kier molecular flexibility index (Phi) is 7.01. The van der Waals surface area contributed by atoms with Crippen LogP contribution in [0.15, 0.2) is 58.3 Å². The summed E-state index contributed by atoms with van der Waals surface area (Å²) in [5, 5.41) is 2.80. The van der Waals surface area contributed by atoms with Crippen molar-refractivity contribution in [2.24, 2.45) is 0 Å². The van der Waals surface area contributed by atoms with Gasteiger partial charge in [-0.15, -0.1) is 11.8 Å². The van der Waals surface area contributed by atoms with Gasteiger partial charge < -0.3 is 10.1 Å². The molecule has 0 saturated heterocycles. The monoisotopic (exact) mass is 380 g/mol. The molecule has 6 nitrogen and oxygen atoms in total. The van der Waals surface area contributed by atoms with Crippen molar-refractivity contribution in [3.05, 3.63) is 54.1 Å². The second-order valence-electron chi connectivity index (χ2n) is 5.10. The zero-order valence-corrected chi connectivity index (χ0v) is 15.6. The summed E-state index contributed by atoms with van der Waals surface area (Å²) in [7, 11) is -2.11. The number of amides is 1. The number of carbonyl (C=O) groups excluding carboxylic acids is 1. The maximum atomic E-state index is 12.3. The average Bonchev–Trinajstić information content (AvgIpc) is 2.62. The van der Waals surface area contributed by atoms with Crippen LogP contribution in [0.4, 0.5) is 5.69 Å². The fourth-order valence-electron chi connectivity index (χ4n) is 2.05. The summed E-state index contributed by atoms with van der Waals surface area (Å²) < 4.78 is 31.4. The minimum atomic E-state index is -3.61. The Balaban J connectivity index is 2.07. The summed E-state index contributed by atoms with van der Waals surface area (Å²) >= 11 is 1.58. The molecule has 2 aromatic carbocycles. The van der Waals surface area contributed by atoms with Gasteiger partial charge in [0.2, 0.25) is 10.0 Å². The third-order valence-electron chi connectivity index (χ3n) is 3.35. The molecule has 2 rings (SSSR count). The van der Waals surface area contributed by atoms with Crippen molar-refractivity contribution in [2.45, 2.75) is 9.79 Å². The topological polar surface area (TPSA) is 84.5 Å². The summed E-state index contributed by atoms with van der Waals surface area (Å²) in [4.78, 5) is 13.4. The second-order valence-corrected chi connectivity index (χ2v) is 7.75. The fourth-order valence-corrected chi connectivity index (χ4v) is 3.52. The van der Waals surface area contributed by atoms with Gasteiger partial charge >= 0.3 is 0 Å². The number of nitrogens with one attached hydrogen (secondary N) is 2. The number of methoxy groups -OCH3 is 1. The van der Waals surface area contributed by atoms with Gasteiger partial charge in [-0.1, -0.05) is 6.07 Å². The summed E-state index contributed by atoms with van der Waals surface area (Å²) in [5.74, 6) is -0.297. The molecule has 0 aliphatic rings. The summed E-state index contributed by atoms with van der Waals surface area (Å²) in [6.07, 6.45) is 1.96. The molecule has 0 spiro atoms. The van der Waals surface area contributed by atoms with E-state index in [9.17, 15) is 13.2 Å². The number of benzene rings is 2. The average molecular weight is 380 g/mol. The van der Waals surface area contributed by atoms with Gasteiger partial charge in [0.25, 0.3) is 5.91 Å². The molecule has 0 aliphatic carbocycles. The van der Waals surface area contributed by atoms with Gasteiger partial charge in [-0.25, -0.2) is 13.1 Å². The van der Waals surface area contributed by atoms with E-state index in [0.717, 1.165) is 4.90 Å². The lowest BCUT2D eigenvalue weighted by Crippen LogP contribution is -2.27. The van der Waals surface area contributed by atoms with Crippen LogP contribution in [-0.4, -0.2) is 40.8 Å². The SMILES string of the molecule is COCCNS(=O)(=O)c1ccc(C(=O)Nc2cccc(SC)c2)cc1. The quantitative estimate of drug-likeness (QED) is 0.543. The number of ether oxygens (including phenoxy) is 1. The van der Waals surface area contributed by atoms with Gasteiger partial charge in [-0.3, -0.25) is 4.79 Å². The van der Waals surface area contributed by atoms with E-state index in [0.29, 0.717) is 11.3 Å². The van der Waals surface area contributed by atoms with E-state index in [-0.39, 0.29) is 24.0 Å². The third kappa shape index (κ3) is 5.57. The highest BCUT2D eigenvalue weighted by molar-refractivity contribution is 7.98. The first kappa shape index (κ1) is 19.5. The molecule has 2 N–H and O–H groups in total. The molecule has 8 heteroatoms. The molecule has 0 atom stereocenters. The van der Waals surface area contributed by atoms with Crippen molar-refractivity contribution >= 4 is 33.4 Å². The highest BCUT2D eigenvalue weighted by Gasteiger charge is 2.14. The Morgan fingerprint density at radius 1 is 1.16 bits per heavy atom. The van der Waals surface area contributed by atoms with Crippen molar-refractivity contribution in [3.8, 4) is 0 Å². The van der Waals surface area contributed by atoms with Crippen LogP contribution >= 0.6 is 11.8 Å². The molecule has 0 bridgehead atoms. The highest BCUT2D eigenvalue weighted by atomic mass is 32.2. The Morgan fingerprint density at radius 2 is 1.88 bits per heavy atom. The molecule has 134 valence electrons. The predicted octanol–water partition coefficient (Wildman–Crippen LogP) is 2.59. The standard InChI is InChI=1S/C17H20N2O4S2/c1-23-11-10-18-25(21,22)16-8-6-13(7-9-16)17(20)19-14-4-3-5-15(12-14)24-2/h3-9,12,18H,10-11H2,1-2H3,(H,19,20). The minimum Gasteiger partial charge on any atom is -0.383 e. The first-order valence-electron chi connectivity index (χ1n) is 7.50. The molecule has 0 heterocycles. The Hall–Kier alpha value is -1.87. The Morgan fingerprint density at radius 3 is 2.52 bits per heavy atom. The zero-order valence-electron chi connectivity index (χ0n) is 14.0. The van der Waals surface area contributed by atoms with E-state index in [2.05, 4.69) is 10.0 Å². The van der Waals surface area contributed by atoms with Crippen LogP contribution < -0.4 is 10.0 Å². The van der Waals surface area contributed by atoms with Crippen LogP contribution in [0.25, 0.3) is 0 Å². The largest absolute Gasteiger partial charge is 0.383 e. The molecule has 25 heavy (non-hydrogen) atoms. The number of anilines is 1. The first-order chi connectivity index (χ1) is 12.0. The fraction of sp³-hybridized carbons (Fsp3) is 0.235. The van der Waals surface area contributed by atoms with Crippen molar-refractivity contribution in [1.82, 2.24) is 4.72 Å². The van der Waals surface area contributed by atoms with Gasteiger partial charge in [0.05, 0.1) is 11.5 Å². The number of sulfonamides is 1. The molecule has 1 amide bonds. The maximum Gasteiger partial charge on any atom is 0.255 e. The maximum absolute atomic E-state index is 12.3. The lowest BCUT2D eigenvalue weighted by molar-refractivity contribution is 0.102. The Labute approximate surface area is 152 Å². The number of hydrogen-bond acceptors (Lipinski definition) is 5. The molecule has 0 aliphatic heterocycles. The van der Waals surface area contributed by atoms with Crippen LogP contribution in [0.5, 0.6) is 0 Å². The lowest BCUT2D eigenvalue weighted by Gasteiger charge is -2.09. The van der Waals surface area contributed by atoms with Crippen molar-refractivity contribution < 1.29 is 17.9 Å². The number of rotatable bonds is 8. The molecule has 0 radical (unpaired) electrons. The van der Waals surface area contributed by atoms with Gasteiger partial charge in [0.1, 0.15) is 0 Å². The van der Waals surface area contributed by atoms with Crippen molar-refractivity contribution in [1.29, 1.82) is 0 Å². The molecular formula is C17H20N2O4S2. The zero-order chi connectivity index (χ0) is 18.3. The van der Waals surface area contributed by atoms with Crippen molar-refractivity contribution in [3.63, 3.8) is 0 Å². The predicted molar refractivity (Wildman–Crippen MR) is 99.7 cm³/mol. The molecule has 0 unspecified atom stereocenters. The molecule has 0 saturated carbocycles. The summed E-state index contributed by atoms with van der Waals surface area (Å²) in [6, 6.07) is 13.3. The van der Waals surface area contributed by atoms with Crippen LogP contribution in [0.1, 0.15) is 10.4 Å². The van der Waals surface area contributed by atoms with E-state index >= 15 is 0 Å². The van der Waals surface area contributed by atoms with E-state index in [1.807, 2.05) is 24.5 Å². The summed E-state index contributed by atoms with van der Waals surface area (Å²) in [5.41, 5.74) is 1.07. The molecule has 0 aromatic heterocycles. The van der Waals surface area contributed by atoms with Crippen LogP contribution in [0, 0.1) is 0 Å². The summed E-state index contributed by atoms with van der Waals surface area (Å²) in [6.45, 7) is 0.474. The van der Waals surface area contributed by atoms with Crippen LogP contribution in [0.2, 0.25) is 0 Å². The molecule has 0 fully saturated rings. The number of thioether (sulfide) groups is 1. The van der Waals surface area contributed by atoms with E-state index in [1.54, 1.807) is 17.8 Å². The minimum absolute atomic E-state index is 0.101. The molecular weight excluding hydrogens is 360 g/mol. The van der Waals surface area contributed by atoms with E-state index in [1.165, 1.54) is 31.4 Å². The van der Waals surface area contributed by atoms with Gasteiger partial charge in [0.15, 0.2) is 0 Å². The second kappa shape index (κ2) is 9.00. The Bertz CT molecular complexity index is 821. The van der Waals surface area contributed by atoms with Gasteiger partial charge in [0, 0.05) is 29.8 Å². The lowest BCUT2D eigenvalue weighted by atomic mass is 10.2. The normalized spacial score (nSPS) is 11.3. The van der Waals surface area contributed by atoms with Crippen LogP contribution in [-0.2, 0) is 14.8 Å². The smallest absolute Gasteiger partial charge is 0.255 e.